The molecule has 1 saturated heterocycles. The maximum Gasteiger partial charge on any atom is 0.171 e. The summed E-state index contributed by atoms with van der Waals surface area (Å²) < 4.78 is 19.7. The summed E-state index contributed by atoms with van der Waals surface area (Å²) >= 11 is 0. The Morgan fingerprint density at radius 1 is 0.248 bits per heavy atom. The Kier molecular flexibility index (Phi) is 21.4. The van der Waals surface area contributed by atoms with E-state index in [9.17, 15) is 4.57 Å². The Hall–Kier alpha value is -16.5. The van der Waals surface area contributed by atoms with E-state index in [0.29, 0.717) is 0 Å². The topological polar surface area (TPSA) is 81.7 Å². The Bertz CT molecular complexity index is 8290. The average Bonchev–Trinajstić information content (AvgIpc) is 1.24. The van der Waals surface area contributed by atoms with E-state index in [2.05, 4.69) is 409 Å². The number of anilines is 1. The molecule has 0 saturated carbocycles. The lowest BCUT2D eigenvalue weighted by Crippen LogP contribution is -2.24. The second-order valence-electron chi connectivity index (χ2n) is 34.3. The molecule has 0 bridgehead atoms. The number of benzene rings is 20. The first-order chi connectivity index (χ1) is 65.8. The monoisotopic (exact) mass is 1720 g/mol. The first-order valence-electron chi connectivity index (χ1n) is 45.9. The van der Waals surface area contributed by atoms with E-state index in [1.165, 1.54) is 117 Å². The standard InChI is InChI=1S/C44H34N4.C41H30N2.C39H26NOP/c1-3-13-31(14-4-1)32-21-23-33(24-22-32)40-30-41(46-44(45-40)34-15-5-2-6-16-34)35-27-36(47-25-11-12-26-47)29-37(28-35)48-42-19-9-7-17-38(42)39-18-8-10-20-43(39)48;1-2-39-42-37-18-10-11-19-38(37)43(39)32-26-24-31(25-27-32)41-35-16-8-6-14-33(35)40(34-15-7-9-17-36(34)41)30-22-20-29(21-23-30)28-12-4-3-5-13-28;41-42(30-13-3-1-4-14-30,31-15-5-2-6-16-31)32-23-19-29(20-24-32)37-35-25-21-27-11-7-9-17-33(27)38(35)40-39-34-18-10-8-12-28(34)22-26-36(37)39/h1-10,13-24,27-30H,11-12,25-26H2;3-27H,2H2,1H3;1-26H. The third-order valence-corrected chi connectivity index (χ3v) is 29.5. The zero-order valence-corrected chi connectivity index (χ0v) is 74.4. The fourth-order valence-electron chi connectivity index (χ4n) is 20.0. The maximum atomic E-state index is 15.0. The van der Waals surface area contributed by atoms with E-state index in [4.69, 9.17) is 19.9 Å². The van der Waals surface area contributed by atoms with Gasteiger partial charge in [-0.05, 0) is 156 Å². The predicted octanol–water partition coefficient (Wildman–Crippen LogP) is 30.7. The molecule has 4 aromatic heterocycles. The first-order valence-corrected chi connectivity index (χ1v) is 47.6. The van der Waals surface area contributed by atoms with Crippen molar-refractivity contribution in [1.29, 1.82) is 0 Å². The molecule has 8 nitrogen and oxygen atoms in total. The van der Waals surface area contributed by atoms with Crippen LogP contribution in [0.1, 0.15) is 25.6 Å². The van der Waals surface area contributed by atoms with Crippen molar-refractivity contribution in [3.63, 3.8) is 0 Å². The van der Waals surface area contributed by atoms with Crippen LogP contribution in [0, 0.1) is 0 Å². The van der Waals surface area contributed by atoms with Gasteiger partial charge in [0.25, 0.3) is 0 Å². The minimum atomic E-state index is -3.06. The summed E-state index contributed by atoms with van der Waals surface area (Å²) in [7, 11) is -3.06. The molecule has 1 fully saturated rings. The van der Waals surface area contributed by atoms with Crippen molar-refractivity contribution in [2.75, 3.05) is 18.0 Å². The van der Waals surface area contributed by atoms with Crippen LogP contribution < -0.4 is 20.8 Å². The Morgan fingerprint density at radius 2 is 0.609 bits per heavy atom. The number of aromatic nitrogens is 6. The summed E-state index contributed by atoms with van der Waals surface area (Å²) in [6.07, 6.45) is 3.30. The second kappa shape index (κ2) is 35.2. The number of fused-ring (bicyclic) bond motifs is 12. The largest absolute Gasteiger partial charge is 0.371 e. The molecule has 24 aromatic rings. The molecule has 0 spiro atoms. The molecule has 0 N–H and O–H groups in total. The van der Waals surface area contributed by atoms with Crippen molar-refractivity contribution in [1.82, 2.24) is 29.1 Å². The predicted molar refractivity (Wildman–Crippen MR) is 560 cm³/mol. The van der Waals surface area contributed by atoms with E-state index in [-0.39, 0.29) is 0 Å². The number of hydrogen-bond donors (Lipinski definition) is 0. The van der Waals surface area contributed by atoms with Crippen LogP contribution in [-0.4, -0.2) is 42.2 Å². The Labute approximate surface area is 772 Å². The molecule has 632 valence electrons. The molecule has 9 heteroatoms. The minimum Gasteiger partial charge on any atom is -0.371 e. The number of nitrogens with zero attached hydrogens (tertiary/aromatic N) is 7. The Morgan fingerprint density at radius 3 is 1.10 bits per heavy atom. The zero-order valence-electron chi connectivity index (χ0n) is 73.5. The highest BCUT2D eigenvalue weighted by Crippen LogP contribution is 2.48. The van der Waals surface area contributed by atoms with Gasteiger partial charge in [-0.15, -0.1) is 0 Å². The summed E-state index contributed by atoms with van der Waals surface area (Å²) in [4.78, 5) is 23.1. The number of imidazole rings is 1. The molecule has 20 aromatic carbocycles. The third-order valence-electron chi connectivity index (χ3n) is 26.4. The highest BCUT2D eigenvalue weighted by Gasteiger charge is 2.31. The summed E-state index contributed by atoms with van der Waals surface area (Å²) in [6, 6.07) is 165. The van der Waals surface area contributed by atoms with Gasteiger partial charge in [0, 0.05) is 107 Å². The van der Waals surface area contributed by atoms with Crippen LogP contribution in [0.15, 0.2) is 467 Å². The molecule has 1 aliphatic heterocycles. The maximum absolute atomic E-state index is 15.0. The highest BCUT2D eigenvalue weighted by molar-refractivity contribution is 7.85. The summed E-state index contributed by atoms with van der Waals surface area (Å²) in [6.45, 7) is 4.30. The van der Waals surface area contributed by atoms with Gasteiger partial charge >= 0.3 is 0 Å². The molecule has 0 amide bonds. The summed E-state index contributed by atoms with van der Waals surface area (Å²) in [5.41, 5.74) is 27.1. The van der Waals surface area contributed by atoms with Gasteiger partial charge in [0.2, 0.25) is 0 Å². The van der Waals surface area contributed by atoms with Crippen molar-refractivity contribution in [3.8, 4) is 101 Å². The molecule has 0 unspecified atom stereocenters. The van der Waals surface area contributed by atoms with Crippen molar-refractivity contribution in [2.24, 2.45) is 0 Å². The number of pyridine rings is 1. The van der Waals surface area contributed by atoms with Crippen molar-refractivity contribution < 1.29 is 4.57 Å². The van der Waals surface area contributed by atoms with Gasteiger partial charge in [-0.3, -0.25) is 4.57 Å². The van der Waals surface area contributed by atoms with Crippen LogP contribution in [0.5, 0.6) is 0 Å². The van der Waals surface area contributed by atoms with Crippen LogP contribution >= 0.6 is 7.14 Å². The SMILES string of the molecule is CCc1nc2ccccc2n1-c1ccc(-c2c3ccccc3c(-c3ccc(-c4ccccc4)cc3)c3ccccc23)cc1.O=P(c1ccccc1)(c1ccccc1)c1ccc(-c2c3ccc4ccccc4c3nc3c2ccc2ccccc23)cc1.c1ccc(-c2ccc(-c3cc(-c4cc(N5CCCC5)cc(-n5c6ccccc6c6ccccc65)c4)nc(-c4ccccc4)n3)cc2)cc1. The molecule has 0 radical (unpaired) electrons. The Balaban J connectivity index is 0.000000113. The van der Waals surface area contributed by atoms with Gasteiger partial charge in [-0.25, -0.2) is 19.9 Å². The molecule has 5 heterocycles. The molecular weight excluding hydrogens is 1630 g/mol. The fraction of sp³-hybridized carbons (Fsp3) is 0.0484. The van der Waals surface area contributed by atoms with Gasteiger partial charge < -0.3 is 14.0 Å². The first kappa shape index (κ1) is 81.0. The van der Waals surface area contributed by atoms with E-state index in [1.807, 2.05) is 78.9 Å². The van der Waals surface area contributed by atoms with E-state index < -0.39 is 7.14 Å². The molecule has 0 aliphatic carbocycles. The van der Waals surface area contributed by atoms with E-state index in [1.54, 1.807) is 0 Å². The van der Waals surface area contributed by atoms with Crippen LogP contribution in [0.3, 0.4) is 0 Å². The number of hydrogen-bond acceptors (Lipinski definition) is 6. The average molecular weight is 1730 g/mol. The van der Waals surface area contributed by atoms with Crippen molar-refractivity contribution in [2.45, 2.75) is 26.2 Å². The van der Waals surface area contributed by atoms with Crippen LogP contribution in [0.25, 0.3) is 199 Å². The van der Waals surface area contributed by atoms with Crippen LogP contribution in [-0.2, 0) is 11.0 Å². The normalized spacial score (nSPS) is 12.2. The van der Waals surface area contributed by atoms with Gasteiger partial charge in [0.15, 0.2) is 13.0 Å². The quantitative estimate of drug-likeness (QED) is 0.0578. The minimum absolute atomic E-state index is 0.722. The number of aryl methyl sites for hydroxylation is 1. The van der Waals surface area contributed by atoms with Crippen LogP contribution in [0.2, 0.25) is 0 Å². The van der Waals surface area contributed by atoms with Crippen molar-refractivity contribution >= 4 is 126 Å². The molecule has 133 heavy (non-hydrogen) atoms. The summed E-state index contributed by atoms with van der Waals surface area (Å²) in [5.74, 6) is 1.80. The van der Waals surface area contributed by atoms with Crippen LogP contribution in [0.4, 0.5) is 5.69 Å². The smallest absolute Gasteiger partial charge is 0.171 e. The molecule has 25 rings (SSSR count). The zero-order chi connectivity index (χ0) is 88.7. The van der Waals surface area contributed by atoms with Gasteiger partial charge in [-0.1, -0.05) is 413 Å². The molecular formula is C124H90N7OP. The van der Waals surface area contributed by atoms with Gasteiger partial charge in [0.05, 0.1) is 44.5 Å². The van der Waals surface area contributed by atoms with E-state index >= 15 is 0 Å². The van der Waals surface area contributed by atoms with Gasteiger partial charge in [0.1, 0.15) is 5.82 Å². The lowest BCUT2D eigenvalue weighted by Gasteiger charge is -2.21. The highest BCUT2D eigenvalue weighted by atomic mass is 31.2. The van der Waals surface area contributed by atoms with E-state index in [0.717, 1.165) is 141 Å². The number of rotatable bonds is 15. The molecule has 1 aliphatic rings. The second-order valence-corrected chi connectivity index (χ2v) is 37.1. The third kappa shape index (κ3) is 15.1. The number of para-hydroxylation sites is 4. The lowest BCUT2D eigenvalue weighted by atomic mass is 9.85. The lowest BCUT2D eigenvalue weighted by molar-refractivity contribution is 0.592. The van der Waals surface area contributed by atoms with Crippen molar-refractivity contribution in [3.05, 3.63) is 473 Å². The summed E-state index contributed by atoms with van der Waals surface area (Å²) in [5, 5.41) is 16.9. The fourth-order valence-corrected chi connectivity index (χ4v) is 22.7. The molecule has 0 atom stereocenters. The van der Waals surface area contributed by atoms with Gasteiger partial charge in [-0.2, -0.15) is 0 Å².